The molecule has 19 heavy (non-hydrogen) atoms. The van der Waals surface area contributed by atoms with Crippen LogP contribution in [0.15, 0.2) is 30.3 Å². The summed E-state index contributed by atoms with van der Waals surface area (Å²) in [4.78, 5) is 16.5. The van der Waals surface area contributed by atoms with Gasteiger partial charge in [0.05, 0.1) is 0 Å². The van der Waals surface area contributed by atoms with Gasteiger partial charge in [0, 0.05) is 18.0 Å². The van der Waals surface area contributed by atoms with Crippen molar-refractivity contribution < 1.29 is 4.79 Å². The van der Waals surface area contributed by atoms with Gasteiger partial charge in [0.25, 0.3) is 5.91 Å². The van der Waals surface area contributed by atoms with Crippen LogP contribution in [0.1, 0.15) is 30.3 Å². The van der Waals surface area contributed by atoms with Gasteiger partial charge in [0.1, 0.15) is 11.5 Å². The summed E-state index contributed by atoms with van der Waals surface area (Å²) in [6.45, 7) is 2.80. The molecule has 0 atom stereocenters. The number of nitrogens with zero attached hydrogens (tertiary/aromatic N) is 1. The predicted molar refractivity (Wildman–Crippen MR) is 76.4 cm³/mol. The van der Waals surface area contributed by atoms with E-state index < -0.39 is 0 Å². The lowest BCUT2D eigenvalue weighted by molar-refractivity contribution is 0.0946. The fourth-order valence-corrected chi connectivity index (χ4v) is 2.10. The van der Waals surface area contributed by atoms with Crippen molar-refractivity contribution in [2.45, 2.75) is 25.8 Å². The monoisotopic (exact) mass is 255 g/mol. The van der Waals surface area contributed by atoms with Crippen LogP contribution in [0.2, 0.25) is 0 Å². The molecule has 3 rings (SSSR count). The zero-order chi connectivity index (χ0) is 13.2. The summed E-state index contributed by atoms with van der Waals surface area (Å²) in [7, 11) is 0. The Morgan fingerprint density at radius 2 is 2.16 bits per heavy atom. The molecule has 4 nitrogen and oxygen atoms in total. The van der Waals surface area contributed by atoms with Gasteiger partial charge in [-0.1, -0.05) is 24.3 Å². The summed E-state index contributed by atoms with van der Waals surface area (Å²) >= 11 is 0. The molecule has 0 aliphatic heterocycles. The number of fused-ring (bicyclic) bond motifs is 1. The second kappa shape index (κ2) is 4.88. The summed E-state index contributed by atoms with van der Waals surface area (Å²) < 4.78 is 0. The first-order chi connectivity index (χ1) is 9.28. The van der Waals surface area contributed by atoms with E-state index in [1.165, 1.54) is 0 Å². The van der Waals surface area contributed by atoms with Gasteiger partial charge in [-0.2, -0.15) is 0 Å². The third-order valence-electron chi connectivity index (χ3n) is 3.23. The van der Waals surface area contributed by atoms with E-state index in [-0.39, 0.29) is 5.91 Å². The van der Waals surface area contributed by atoms with Gasteiger partial charge in [-0.05, 0) is 31.2 Å². The van der Waals surface area contributed by atoms with Crippen LogP contribution in [0.3, 0.4) is 0 Å². The lowest BCUT2D eigenvalue weighted by Crippen LogP contribution is -2.26. The van der Waals surface area contributed by atoms with Crippen molar-refractivity contribution >= 4 is 22.5 Å². The third-order valence-corrected chi connectivity index (χ3v) is 3.23. The van der Waals surface area contributed by atoms with Crippen LogP contribution in [-0.2, 0) is 0 Å². The molecule has 98 valence electrons. The molecule has 1 aliphatic rings. The Balaban J connectivity index is 2.01. The molecule has 1 aliphatic carbocycles. The van der Waals surface area contributed by atoms with Crippen LogP contribution in [0.5, 0.6) is 0 Å². The van der Waals surface area contributed by atoms with Crippen molar-refractivity contribution in [3.63, 3.8) is 0 Å². The average molecular weight is 255 g/mol. The fraction of sp³-hybridized carbons (Fsp3) is 0.333. The van der Waals surface area contributed by atoms with Gasteiger partial charge in [-0.3, -0.25) is 4.79 Å². The minimum absolute atomic E-state index is 0.0765. The third kappa shape index (κ3) is 2.52. The predicted octanol–water partition coefficient (Wildman–Crippen LogP) is 2.56. The van der Waals surface area contributed by atoms with E-state index >= 15 is 0 Å². The molecule has 0 saturated heterocycles. The summed E-state index contributed by atoms with van der Waals surface area (Å²) in [6.07, 6.45) is 2.17. The topological polar surface area (TPSA) is 54.0 Å². The van der Waals surface area contributed by atoms with Gasteiger partial charge in [0.15, 0.2) is 0 Å². The molecule has 1 fully saturated rings. The van der Waals surface area contributed by atoms with Gasteiger partial charge < -0.3 is 10.6 Å². The van der Waals surface area contributed by atoms with Gasteiger partial charge in [0.2, 0.25) is 0 Å². The Labute approximate surface area is 112 Å². The molecule has 0 spiro atoms. The van der Waals surface area contributed by atoms with Crippen molar-refractivity contribution in [3.8, 4) is 0 Å². The van der Waals surface area contributed by atoms with Crippen molar-refractivity contribution in [1.29, 1.82) is 0 Å². The number of anilines is 1. The quantitative estimate of drug-likeness (QED) is 0.882. The number of rotatable bonds is 4. The first-order valence-corrected chi connectivity index (χ1v) is 6.72. The van der Waals surface area contributed by atoms with Crippen LogP contribution < -0.4 is 10.6 Å². The number of carbonyl (C=O) groups is 1. The van der Waals surface area contributed by atoms with Crippen LogP contribution in [0, 0.1) is 0 Å². The van der Waals surface area contributed by atoms with Crippen molar-refractivity contribution in [2.75, 3.05) is 11.9 Å². The fourth-order valence-electron chi connectivity index (χ4n) is 2.10. The Kier molecular flexibility index (Phi) is 3.07. The van der Waals surface area contributed by atoms with E-state index in [1.54, 1.807) is 0 Å². The highest BCUT2D eigenvalue weighted by atomic mass is 16.2. The number of hydrogen-bond donors (Lipinski definition) is 2. The number of nitrogens with one attached hydrogen (secondary N) is 2. The van der Waals surface area contributed by atoms with Crippen molar-refractivity contribution in [1.82, 2.24) is 10.3 Å². The number of benzene rings is 1. The number of amides is 1. The highest BCUT2D eigenvalue weighted by molar-refractivity contribution is 6.00. The minimum Gasteiger partial charge on any atom is -0.370 e. The lowest BCUT2D eigenvalue weighted by Gasteiger charge is -2.10. The van der Waals surface area contributed by atoms with Crippen LogP contribution in [0.25, 0.3) is 10.8 Å². The maximum atomic E-state index is 12.1. The normalized spacial score (nSPS) is 14.4. The maximum absolute atomic E-state index is 12.1. The molecule has 4 heteroatoms. The average Bonchev–Trinajstić information content (AvgIpc) is 3.23. The van der Waals surface area contributed by atoms with E-state index in [0.717, 1.165) is 36.0 Å². The van der Waals surface area contributed by atoms with E-state index in [2.05, 4.69) is 15.6 Å². The van der Waals surface area contributed by atoms with E-state index in [1.807, 2.05) is 37.3 Å². The molecule has 0 radical (unpaired) electrons. The van der Waals surface area contributed by atoms with E-state index in [4.69, 9.17) is 0 Å². The summed E-state index contributed by atoms with van der Waals surface area (Å²) in [5.74, 6) is 0.703. The molecule has 0 bridgehead atoms. The van der Waals surface area contributed by atoms with Crippen LogP contribution in [0.4, 0.5) is 5.82 Å². The zero-order valence-corrected chi connectivity index (χ0v) is 10.9. The Hall–Kier alpha value is -2.10. The molecule has 1 heterocycles. The van der Waals surface area contributed by atoms with Crippen LogP contribution >= 0.6 is 0 Å². The molecule has 1 aromatic heterocycles. The number of pyridine rings is 1. The first kappa shape index (κ1) is 12.0. The van der Waals surface area contributed by atoms with Crippen molar-refractivity contribution in [2.24, 2.45) is 0 Å². The summed E-state index contributed by atoms with van der Waals surface area (Å²) in [6, 6.07) is 10.2. The number of carbonyl (C=O) groups excluding carboxylic acids is 1. The van der Waals surface area contributed by atoms with Crippen LogP contribution in [-0.4, -0.2) is 23.5 Å². The van der Waals surface area contributed by atoms with E-state index in [0.29, 0.717) is 11.7 Å². The molecule has 1 saturated carbocycles. The SMILES string of the molecule is CCNc1nc(C(=O)NC2CC2)cc2ccccc12. The van der Waals surface area contributed by atoms with Gasteiger partial charge in [-0.15, -0.1) is 0 Å². The number of hydrogen-bond acceptors (Lipinski definition) is 3. The molecular weight excluding hydrogens is 238 g/mol. The molecule has 2 aromatic rings. The zero-order valence-electron chi connectivity index (χ0n) is 10.9. The van der Waals surface area contributed by atoms with Gasteiger partial charge in [-0.25, -0.2) is 4.98 Å². The van der Waals surface area contributed by atoms with Gasteiger partial charge >= 0.3 is 0 Å². The molecule has 1 amide bonds. The molecule has 1 aromatic carbocycles. The Bertz CT molecular complexity index is 620. The standard InChI is InChI=1S/C15H17N3O/c1-2-16-14-12-6-4-3-5-10(12)9-13(18-14)15(19)17-11-7-8-11/h3-6,9,11H,2,7-8H2,1H3,(H,16,18)(H,17,19). The second-order valence-electron chi connectivity index (χ2n) is 4.86. The molecular formula is C15H17N3O. The highest BCUT2D eigenvalue weighted by Crippen LogP contribution is 2.23. The Morgan fingerprint density at radius 3 is 2.89 bits per heavy atom. The maximum Gasteiger partial charge on any atom is 0.270 e. The summed E-state index contributed by atoms with van der Waals surface area (Å²) in [5.41, 5.74) is 0.488. The lowest BCUT2D eigenvalue weighted by atomic mass is 10.1. The van der Waals surface area contributed by atoms with E-state index in [9.17, 15) is 4.79 Å². The smallest absolute Gasteiger partial charge is 0.270 e. The first-order valence-electron chi connectivity index (χ1n) is 6.72. The van der Waals surface area contributed by atoms with Crippen molar-refractivity contribution in [3.05, 3.63) is 36.0 Å². The highest BCUT2D eigenvalue weighted by Gasteiger charge is 2.24. The Morgan fingerprint density at radius 1 is 1.37 bits per heavy atom. The molecule has 0 unspecified atom stereocenters. The second-order valence-corrected chi connectivity index (χ2v) is 4.86. The molecule has 2 N–H and O–H groups in total. The minimum atomic E-state index is -0.0765. The largest absolute Gasteiger partial charge is 0.370 e. The summed E-state index contributed by atoms with van der Waals surface area (Å²) in [5, 5.41) is 8.28. The number of aromatic nitrogens is 1.